The Kier molecular flexibility index (Phi) is 5.21. The van der Waals surface area contributed by atoms with E-state index in [-0.39, 0.29) is 5.69 Å². The van der Waals surface area contributed by atoms with Gasteiger partial charge in [-0.05, 0) is 36.5 Å². The first-order chi connectivity index (χ1) is 16.7. The minimum Gasteiger partial charge on any atom is -0.353 e. The van der Waals surface area contributed by atoms with Crippen LogP contribution in [-0.4, -0.2) is 51.1 Å². The van der Waals surface area contributed by atoms with E-state index in [2.05, 4.69) is 30.5 Å². The number of aromatic nitrogens is 5. The van der Waals surface area contributed by atoms with Gasteiger partial charge in [0.1, 0.15) is 11.6 Å². The maximum absolute atomic E-state index is 14.1. The van der Waals surface area contributed by atoms with Crippen molar-refractivity contribution in [3.8, 4) is 11.4 Å². The molecule has 0 amide bonds. The molecular formula is C24H22F2N8. The van der Waals surface area contributed by atoms with Gasteiger partial charge in [-0.25, -0.2) is 24.3 Å². The summed E-state index contributed by atoms with van der Waals surface area (Å²) in [5, 5.41) is 7.33. The number of nitrogens with zero attached hydrogens (tertiary/aromatic N) is 6. The average Bonchev–Trinajstić information content (AvgIpc) is 3.71. The Morgan fingerprint density at radius 3 is 2.65 bits per heavy atom. The standard InChI is InChI=1S/C24H22F2N8/c25-17-10-20(26)30-13-18(17)31-21-9-15(3-4-29-21)23-32-19-12-28-11-16(14-1-2-14)22(19)24(33-23)34-7-5-27-6-8-34/h3-4,9-14,27H,1-2,5-8H2,(H,29,31). The van der Waals surface area contributed by atoms with E-state index in [0.29, 0.717) is 17.6 Å². The summed E-state index contributed by atoms with van der Waals surface area (Å²) in [6, 6.07) is 4.28. The summed E-state index contributed by atoms with van der Waals surface area (Å²) in [4.78, 5) is 24.4. The molecule has 6 rings (SSSR count). The number of nitrogens with one attached hydrogen (secondary N) is 2. The second kappa shape index (κ2) is 8.53. The predicted molar refractivity (Wildman–Crippen MR) is 125 cm³/mol. The van der Waals surface area contributed by atoms with Crippen LogP contribution < -0.4 is 15.5 Å². The van der Waals surface area contributed by atoms with Crippen molar-refractivity contribution in [3.63, 3.8) is 0 Å². The van der Waals surface area contributed by atoms with Gasteiger partial charge in [0.15, 0.2) is 11.6 Å². The monoisotopic (exact) mass is 460 g/mol. The molecule has 1 aliphatic carbocycles. The largest absolute Gasteiger partial charge is 0.353 e. The quantitative estimate of drug-likeness (QED) is 0.435. The van der Waals surface area contributed by atoms with Crippen molar-refractivity contribution in [1.29, 1.82) is 0 Å². The predicted octanol–water partition coefficient (Wildman–Crippen LogP) is 3.79. The van der Waals surface area contributed by atoms with Crippen molar-refractivity contribution < 1.29 is 8.78 Å². The van der Waals surface area contributed by atoms with Gasteiger partial charge in [-0.1, -0.05) is 0 Å². The average molecular weight is 460 g/mol. The number of anilines is 3. The van der Waals surface area contributed by atoms with E-state index in [0.717, 1.165) is 73.6 Å². The molecule has 5 heterocycles. The van der Waals surface area contributed by atoms with E-state index in [9.17, 15) is 8.78 Å². The molecule has 1 saturated carbocycles. The molecule has 8 nitrogen and oxygen atoms in total. The van der Waals surface area contributed by atoms with Gasteiger partial charge in [0.2, 0.25) is 5.95 Å². The molecule has 2 fully saturated rings. The number of hydrogen-bond acceptors (Lipinski definition) is 8. The first kappa shape index (κ1) is 20.8. The second-order valence-electron chi connectivity index (χ2n) is 8.55. The maximum atomic E-state index is 14.1. The van der Waals surface area contributed by atoms with Gasteiger partial charge in [0.25, 0.3) is 0 Å². The number of pyridine rings is 3. The summed E-state index contributed by atoms with van der Waals surface area (Å²) >= 11 is 0. The Bertz CT molecular complexity index is 1370. The molecule has 4 aromatic rings. The summed E-state index contributed by atoms with van der Waals surface area (Å²) in [6.07, 6.45) is 8.77. The van der Waals surface area contributed by atoms with E-state index >= 15 is 0 Å². The smallest absolute Gasteiger partial charge is 0.215 e. The molecule has 1 aliphatic heterocycles. The first-order valence-electron chi connectivity index (χ1n) is 11.3. The van der Waals surface area contributed by atoms with Gasteiger partial charge in [-0.15, -0.1) is 0 Å². The van der Waals surface area contributed by atoms with Crippen molar-refractivity contribution in [2.24, 2.45) is 0 Å². The Labute approximate surface area is 194 Å². The molecule has 2 aliphatic rings. The molecule has 172 valence electrons. The van der Waals surface area contributed by atoms with Crippen LogP contribution in [-0.2, 0) is 0 Å². The van der Waals surface area contributed by atoms with Gasteiger partial charge in [-0.3, -0.25) is 4.98 Å². The van der Waals surface area contributed by atoms with Gasteiger partial charge >= 0.3 is 0 Å². The summed E-state index contributed by atoms with van der Waals surface area (Å²) in [6.45, 7) is 3.51. The van der Waals surface area contributed by atoms with E-state index in [4.69, 9.17) is 9.97 Å². The fourth-order valence-electron chi connectivity index (χ4n) is 4.30. The van der Waals surface area contributed by atoms with E-state index in [1.165, 1.54) is 5.56 Å². The summed E-state index contributed by atoms with van der Waals surface area (Å²) < 4.78 is 27.2. The lowest BCUT2D eigenvalue weighted by Crippen LogP contribution is -2.44. The third kappa shape index (κ3) is 4.01. The van der Waals surface area contributed by atoms with Crippen LogP contribution in [0.25, 0.3) is 22.3 Å². The third-order valence-corrected chi connectivity index (χ3v) is 6.15. The van der Waals surface area contributed by atoms with E-state index in [1.807, 2.05) is 12.3 Å². The molecule has 1 saturated heterocycles. The highest BCUT2D eigenvalue weighted by Gasteiger charge is 2.29. The van der Waals surface area contributed by atoms with Crippen molar-refractivity contribution in [3.05, 3.63) is 60.3 Å². The normalized spacial score (nSPS) is 16.1. The Morgan fingerprint density at radius 1 is 1.00 bits per heavy atom. The Hall–Kier alpha value is -3.79. The molecule has 10 heteroatoms. The lowest BCUT2D eigenvalue weighted by Gasteiger charge is -2.30. The van der Waals surface area contributed by atoms with Gasteiger partial charge < -0.3 is 15.5 Å². The lowest BCUT2D eigenvalue weighted by molar-refractivity contribution is 0.554. The number of fused-ring (bicyclic) bond motifs is 1. The second-order valence-corrected chi connectivity index (χ2v) is 8.55. The molecule has 0 unspecified atom stereocenters. The van der Waals surface area contributed by atoms with Gasteiger partial charge in [-0.2, -0.15) is 4.39 Å². The van der Waals surface area contributed by atoms with Crippen LogP contribution in [0.2, 0.25) is 0 Å². The van der Waals surface area contributed by atoms with Crippen molar-refractivity contribution in [2.75, 3.05) is 36.4 Å². The molecular weight excluding hydrogens is 438 g/mol. The zero-order chi connectivity index (χ0) is 23.1. The SMILES string of the molecule is Fc1cc(F)c(Nc2cc(-c3nc(N4CCNCC4)c4c(C5CC5)cncc4n3)ccn2)cn1. The molecule has 4 aromatic heterocycles. The molecule has 34 heavy (non-hydrogen) atoms. The van der Waals surface area contributed by atoms with Crippen molar-refractivity contribution in [2.45, 2.75) is 18.8 Å². The zero-order valence-electron chi connectivity index (χ0n) is 18.3. The van der Waals surface area contributed by atoms with Crippen molar-refractivity contribution >= 4 is 28.2 Å². The fraction of sp³-hybridized carbons (Fsp3) is 0.292. The highest BCUT2D eigenvalue weighted by Crippen LogP contribution is 2.44. The molecule has 2 N–H and O–H groups in total. The molecule has 0 atom stereocenters. The van der Waals surface area contributed by atoms with Crippen LogP contribution in [0.1, 0.15) is 24.3 Å². The summed E-state index contributed by atoms with van der Waals surface area (Å²) in [5.74, 6) is 0.727. The van der Waals surface area contributed by atoms with Crippen LogP contribution in [0.4, 0.5) is 26.1 Å². The highest BCUT2D eigenvalue weighted by molar-refractivity contribution is 5.94. The van der Waals surface area contributed by atoms with Gasteiger partial charge in [0.05, 0.1) is 23.6 Å². The lowest BCUT2D eigenvalue weighted by atomic mass is 10.1. The van der Waals surface area contributed by atoms with Crippen LogP contribution in [0, 0.1) is 11.8 Å². The van der Waals surface area contributed by atoms with Crippen LogP contribution >= 0.6 is 0 Å². The number of halogens is 2. The Balaban J connectivity index is 1.43. The molecule has 0 spiro atoms. The topological polar surface area (TPSA) is 91.8 Å². The fourth-order valence-corrected chi connectivity index (χ4v) is 4.30. The number of rotatable bonds is 5. The first-order valence-corrected chi connectivity index (χ1v) is 11.3. The molecule has 0 aromatic carbocycles. The van der Waals surface area contributed by atoms with E-state index < -0.39 is 11.8 Å². The number of piperazine rings is 1. The van der Waals surface area contributed by atoms with Crippen molar-refractivity contribution in [1.82, 2.24) is 30.2 Å². The minimum absolute atomic E-state index is 0.0326. The van der Waals surface area contributed by atoms with Crippen LogP contribution in [0.15, 0.2) is 43.0 Å². The molecule has 0 bridgehead atoms. The van der Waals surface area contributed by atoms with Crippen LogP contribution in [0.3, 0.4) is 0 Å². The zero-order valence-corrected chi connectivity index (χ0v) is 18.3. The summed E-state index contributed by atoms with van der Waals surface area (Å²) in [7, 11) is 0. The third-order valence-electron chi connectivity index (χ3n) is 6.15. The minimum atomic E-state index is -0.881. The maximum Gasteiger partial charge on any atom is 0.215 e. The highest BCUT2D eigenvalue weighted by atomic mass is 19.1. The molecule has 0 radical (unpaired) electrons. The number of hydrogen-bond donors (Lipinski definition) is 2. The van der Waals surface area contributed by atoms with Gasteiger partial charge in [0, 0.05) is 55.6 Å². The summed E-state index contributed by atoms with van der Waals surface area (Å²) in [5.41, 5.74) is 2.78. The Morgan fingerprint density at radius 2 is 1.85 bits per heavy atom. The van der Waals surface area contributed by atoms with Crippen LogP contribution in [0.5, 0.6) is 0 Å². The van der Waals surface area contributed by atoms with E-state index in [1.54, 1.807) is 18.5 Å².